The maximum atomic E-state index is 4.00. The van der Waals surface area contributed by atoms with Crippen LogP contribution in [0.25, 0.3) is 0 Å². The van der Waals surface area contributed by atoms with E-state index in [4.69, 9.17) is 0 Å². The third-order valence-corrected chi connectivity index (χ3v) is 0. The van der Waals surface area contributed by atoms with E-state index in [1.807, 2.05) is 0 Å². The molecule has 0 heterocycles. The Balaban J connectivity index is -0.000000000500. The Bertz CT molecular complexity index is 15.7. The molecule has 0 rings (SSSR count). The van der Waals surface area contributed by atoms with E-state index in [0.717, 1.165) is 0 Å². The normalized spacial score (nSPS) is 1.20. The van der Waals surface area contributed by atoms with Gasteiger partial charge in [0.05, 0.1) is 0 Å². The van der Waals surface area contributed by atoms with E-state index in [1.54, 1.807) is 0 Å². The monoisotopic (exact) mass is 126 g/mol. The van der Waals surface area contributed by atoms with Crippen molar-refractivity contribution in [3.8, 4) is 0 Å². The Labute approximate surface area is 67.3 Å². The quantitative estimate of drug-likeness (QED) is 0.168. The minimum absolute atomic E-state index is 0. The second-order valence-electron chi connectivity index (χ2n) is 0. The van der Waals surface area contributed by atoms with E-state index in [0.29, 0.717) is 0 Å². The minimum Gasteiger partial charge on any atom is -1.00 e. The van der Waals surface area contributed by atoms with E-state index < -0.39 is 0 Å². The summed E-state index contributed by atoms with van der Waals surface area (Å²) < 4.78 is 0. The van der Waals surface area contributed by atoms with Gasteiger partial charge in [-0.1, -0.05) is 0 Å². The number of rotatable bonds is 0. The molecule has 0 aliphatic heterocycles. The summed E-state index contributed by atoms with van der Waals surface area (Å²) in [4.78, 5) is 0. The molecule has 0 aromatic carbocycles. The van der Waals surface area contributed by atoms with Gasteiger partial charge in [-0.15, -0.1) is 0 Å². The van der Waals surface area contributed by atoms with Gasteiger partial charge in [0.2, 0.25) is 0 Å². The van der Waals surface area contributed by atoms with Crippen LogP contribution in [0.1, 0.15) is 2.85 Å². The molecule has 0 radical (unpaired) electrons. The van der Waals surface area contributed by atoms with Crippen LogP contribution in [0.3, 0.4) is 0 Å². The standard InChI is InChI=1S/Ca.H4N2.H2O.H3P.2H/c;1-2;;;;/h;1-2H2;1H2;1H3;;/q+2;;;;2*-1. The average molecular weight is 126 g/mol. The molecule has 1 atom stereocenters. The number of nitrogens with two attached hydrogens (primary N) is 2. The fourth-order valence-corrected chi connectivity index (χ4v) is 0. The smallest absolute Gasteiger partial charge is 1.00 e. The molecule has 0 spiro atoms. The van der Waals surface area contributed by atoms with Crippen molar-refractivity contribution < 1.29 is 8.33 Å². The molecule has 0 aliphatic carbocycles. The summed E-state index contributed by atoms with van der Waals surface area (Å²) in [6.07, 6.45) is 0. The van der Waals surface area contributed by atoms with Crippen LogP contribution in [0.15, 0.2) is 0 Å². The second-order valence-corrected chi connectivity index (χ2v) is 0. The SMILES string of the molecule is NN.O.P.[Ca+2].[H-].[H-]. The van der Waals surface area contributed by atoms with Crippen LogP contribution >= 0.6 is 9.90 Å². The van der Waals surface area contributed by atoms with Gasteiger partial charge >= 0.3 is 37.7 Å². The van der Waals surface area contributed by atoms with Gasteiger partial charge < -0.3 is 8.33 Å². The summed E-state index contributed by atoms with van der Waals surface area (Å²) in [5, 5.41) is 0. The van der Waals surface area contributed by atoms with Crippen molar-refractivity contribution in [3.63, 3.8) is 0 Å². The van der Waals surface area contributed by atoms with Gasteiger partial charge in [-0.2, -0.15) is 9.90 Å². The molecule has 0 aromatic heterocycles. The molecule has 0 bridgehead atoms. The molecular formula is H11CaN2OP. The summed E-state index contributed by atoms with van der Waals surface area (Å²) in [6, 6.07) is 0. The molecule has 3 nitrogen and oxygen atoms in total. The van der Waals surface area contributed by atoms with E-state index >= 15 is 0 Å². The largest absolute Gasteiger partial charge is 2.00 e. The van der Waals surface area contributed by atoms with Crippen LogP contribution in [0, 0.1) is 0 Å². The Morgan fingerprint density at radius 2 is 1.20 bits per heavy atom. The van der Waals surface area contributed by atoms with Crippen LogP contribution in [0.4, 0.5) is 0 Å². The molecule has 0 saturated carbocycles. The van der Waals surface area contributed by atoms with Crippen LogP contribution in [-0.4, -0.2) is 43.2 Å². The van der Waals surface area contributed by atoms with Crippen LogP contribution in [0.5, 0.6) is 0 Å². The van der Waals surface area contributed by atoms with Crippen molar-refractivity contribution >= 4 is 47.6 Å². The minimum atomic E-state index is 0. The molecule has 0 aromatic rings. The molecule has 6 N–H and O–H groups in total. The van der Waals surface area contributed by atoms with Crippen molar-refractivity contribution in [2.24, 2.45) is 11.7 Å². The zero-order valence-electron chi connectivity index (χ0n) is 5.07. The second kappa shape index (κ2) is 47.2. The summed E-state index contributed by atoms with van der Waals surface area (Å²) in [5.74, 6) is 8.00. The number of hydrazine groups is 1. The van der Waals surface area contributed by atoms with Gasteiger partial charge in [0.25, 0.3) is 0 Å². The summed E-state index contributed by atoms with van der Waals surface area (Å²) in [7, 11) is 0. The van der Waals surface area contributed by atoms with Gasteiger partial charge in [-0.25, -0.2) is 0 Å². The fraction of sp³-hybridized carbons (Fsp3) is 0. The molecule has 5 heteroatoms. The van der Waals surface area contributed by atoms with E-state index in [9.17, 15) is 0 Å². The average Bonchev–Trinajstić information content (AvgIpc) is 1.00. The first-order chi connectivity index (χ1) is 1.00. The molecule has 0 aliphatic rings. The maximum Gasteiger partial charge on any atom is 2.00 e. The molecule has 5 heavy (non-hydrogen) atoms. The van der Waals surface area contributed by atoms with Crippen molar-refractivity contribution in [2.75, 3.05) is 0 Å². The Morgan fingerprint density at radius 1 is 1.20 bits per heavy atom. The van der Waals surface area contributed by atoms with Crippen molar-refractivity contribution in [2.45, 2.75) is 0 Å². The van der Waals surface area contributed by atoms with Gasteiger partial charge in [-0.3, -0.25) is 11.7 Å². The summed E-state index contributed by atoms with van der Waals surface area (Å²) in [5.41, 5.74) is 0. The maximum absolute atomic E-state index is 4.00. The van der Waals surface area contributed by atoms with E-state index in [1.165, 1.54) is 0 Å². The van der Waals surface area contributed by atoms with Gasteiger partial charge in [0.15, 0.2) is 0 Å². The number of hydrogen-bond acceptors (Lipinski definition) is 2. The zero-order chi connectivity index (χ0) is 2.00. The first-order valence-corrected chi connectivity index (χ1v) is 0.333. The van der Waals surface area contributed by atoms with Crippen LogP contribution in [-0.2, 0) is 0 Å². The number of hydrogen-bond donors (Lipinski definition) is 2. The third kappa shape index (κ3) is 28.8. The predicted octanol–water partition coefficient (Wildman–Crippen LogP) is -2.10. The zero-order valence-corrected chi connectivity index (χ0v) is 6.69. The van der Waals surface area contributed by atoms with Crippen LogP contribution in [0.2, 0.25) is 0 Å². The Morgan fingerprint density at radius 3 is 1.20 bits per heavy atom. The third-order valence-electron chi connectivity index (χ3n) is 0. The molecule has 34 valence electrons. The predicted molar refractivity (Wildman–Crippen MR) is 31.1 cm³/mol. The topological polar surface area (TPSA) is 83.5 Å². The Hall–Kier alpha value is 1.57. The molecular weight excluding hydrogens is 115 g/mol. The van der Waals surface area contributed by atoms with E-state index in [2.05, 4.69) is 11.7 Å². The molecule has 1 unspecified atom stereocenters. The summed E-state index contributed by atoms with van der Waals surface area (Å²) in [6.45, 7) is 0. The van der Waals surface area contributed by atoms with Crippen molar-refractivity contribution in [3.05, 3.63) is 0 Å². The first kappa shape index (κ1) is 30.9. The van der Waals surface area contributed by atoms with Gasteiger partial charge in [0, 0.05) is 0 Å². The van der Waals surface area contributed by atoms with E-state index in [-0.39, 0.29) is 56.0 Å². The fourth-order valence-electron chi connectivity index (χ4n) is 0. The van der Waals surface area contributed by atoms with Crippen molar-refractivity contribution in [1.29, 1.82) is 0 Å². The van der Waals surface area contributed by atoms with Gasteiger partial charge in [-0.05, 0) is 0 Å². The van der Waals surface area contributed by atoms with Crippen LogP contribution < -0.4 is 11.7 Å². The van der Waals surface area contributed by atoms with Gasteiger partial charge in [0.1, 0.15) is 0 Å². The Kier molecular flexibility index (Phi) is 291. The van der Waals surface area contributed by atoms with Crippen molar-refractivity contribution in [1.82, 2.24) is 0 Å². The molecule has 0 amide bonds. The molecule has 0 fully saturated rings. The summed E-state index contributed by atoms with van der Waals surface area (Å²) >= 11 is 0. The molecule has 0 saturated heterocycles. The first-order valence-electron chi connectivity index (χ1n) is 0.333.